The number of fused-ring (bicyclic) bond motifs is 3. The maximum absolute atomic E-state index is 12.7. The van der Waals surface area contributed by atoms with E-state index in [2.05, 4.69) is 0 Å². The third kappa shape index (κ3) is 3.35. The molecule has 0 bridgehead atoms. The first-order valence-corrected chi connectivity index (χ1v) is 10.6. The predicted molar refractivity (Wildman–Crippen MR) is 118 cm³/mol. The number of hydrogen-bond acceptors (Lipinski definition) is 5. The van der Waals surface area contributed by atoms with Gasteiger partial charge >= 0.3 is 5.63 Å². The Balaban J connectivity index is 1.25. The molecule has 31 heavy (non-hydrogen) atoms. The fourth-order valence-electron chi connectivity index (χ4n) is 4.60. The minimum absolute atomic E-state index is 0.193. The summed E-state index contributed by atoms with van der Waals surface area (Å²) < 4.78 is 22.9. The Morgan fingerprint density at radius 1 is 0.871 bits per heavy atom. The molecule has 0 N–H and O–H groups in total. The van der Waals surface area contributed by atoms with E-state index in [9.17, 15) is 4.79 Å². The Hall–Kier alpha value is -3.31. The van der Waals surface area contributed by atoms with Crippen LogP contribution < -0.4 is 15.1 Å². The van der Waals surface area contributed by atoms with Gasteiger partial charge in [-0.1, -0.05) is 30.3 Å². The van der Waals surface area contributed by atoms with Crippen LogP contribution in [0.25, 0.3) is 21.7 Å². The summed E-state index contributed by atoms with van der Waals surface area (Å²) in [5, 5.41) is 2.26. The van der Waals surface area contributed by atoms with Crippen LogP contribution in [0, 0.1) is 5.41 Å². The molecular formula is C26H22O5. The van der Waals surface area contributed by atoms with Gasteiger partial charge in [-0.15, -0.1) is 0 Å². The van der Waals surface area contributed by atoms with Crippen LogP contribution in [-0.2, 0) is 11.3 Å². The molecular weight excluding hydrogens is 392 g/mol. The van der Waals surface area contributed by atoms with Crippen molar-refractivity contribution in [3.8, 4) is 11.5 Å². The molecule has 2 fully saturated rings. The van der Waals surface area contributed by atoms with E-state index >= 15 is 0 Å². The van der Waals surface area contributed by atoms with Crippen molar-refractivity contribution < 1.29 is 18.6 Å². The van der Waals surface area contributed by atoms with Crippen LogP contribution >= 0.6 is 0 Å². The Morgan fingerprint density at radius 2 is 1.65 bits per heavy atom. The second-order valence-electron chi connectivity index (χ2n) is 8.67. The highest BCUT2D eigenvalue weighted by Crippen LogP contribution is 2.48. The third-order valence-electron chi connectivity index (χ3n) is 6.35. The minimum Gasteiger partial charge on any atom is -0.490 e. The van der Waals surface area contributed by atoms with Crippen molar-refractivity contribution in [3.63, 3.8) is 0 Å². The zero-order valence-corrected chi connectivity index (χ0v) is 17.0. The van der Waals surface area contributed by atoms with Crippen molar-refractivity contribution in [1.82, 2.24) is 0 Å². The highest BCUT2D eigenvalue weighted by molar-refractivity contribution is 6.04. The molecule has 1 saturated carbocycles. The SMILES string of the molecule is O=c1oc2cc(OCc3ccccc3)ccc2c2ccc(OC3CC4(COC4)C3)cc12. The molecule has 0 amide bonds. The number of rotatable bonds is 5. The molecule has 1 spiro atoms. The van der Waals surface area contributed by atoms with E-state index < -0.39 is 0 Å². The number of hydrogen-bond donors (Lipinski definition) is 0. The Bertz CT molecular complexity index is 1310. The lowest BCUT2D eigenvalue weighted by Crippen LogP contribution is -2.56. The topological polar surface area (TPSA) is 57.9 Å². The molecule has 2 heterocycles. The van der Waals surface area contributed by atoms with Crippen LogP contribution in [0.4, 0.5) is 0 Å². The normalized spacial score (nSPS) is 17.4. The van der Waals surface area contributed by atoms with Gasteiger partial charge in [-0.2, -0.15) is 0 Å². The van der Waals surface area contributed by atoms with Gasteiger partial charge in [0.25, 0.3) is 0 Å². The standard InChI is InChI=1S/C26H22O5/c27-25-23-10-19(30-20-12-26(13-20)15-28-16-26)7-8-21(23)22-9-6-18(11-24(22)31-25)29-14-17-4-2-1-3-5-17/h1-11,20H,12-16H2. The zero-order valence-electron chi connectivity index (χ0n) is 17.0. The van der Waals surface area contributed by atoms with E-state index in [1.165, 1.54) is 0 Å². The van der Waals surface area contributed by atoms with Crippen molar-refractivity contribution in [2.24, 2.45) is 5.41 Å². The molecule has 5 nitrogen and oxygen atoms in total. The van der Waals surface area contributed by atoms with Gasteiger partial charge < -0.3 is 18.6 Å². The van der Waals surface area contributed by atoms with E-state index in [1.54, 1.807) is 12.1 Å². The first-order chi connectivity index (χ1) is 15.2. The highest BCUT2D eigenvalue weighted by atomic mass is 16.5. The van der Waals surface area contributed by atoms with Crippen LogP contribution in [0.1, 0.15) is 18.4 Å². The van der Waals surface area contributed by atoms with Crippen LogP contribution in [0.5, 0.6) is 11.5 Å². The second kappa shape index (κ2) is 7.13. The number of ether oxygens (including phenoxy) is 3. The molecule has 1 aliphatic carbocycles. The van der Waals surface area contributed by atoms with Gasteiger partial charge in [0.1, 0.15) is 29.8 Å². The first-order valence-electron chi connectivity index (χ1n) is 10.6. The maximum Gasteiger partial charge on any atom is 0.344 e. The van der Waals surface area contributed by atoms with Gasteiger partial charge in [0.15, 0.2) is 0 Å². The molecule has 1 saturated heterocycles. The van der Waals surface area contributed by atoms with Gasteiger partial charge in [-0.05, 0) is 48.7 Å². The lowest BCUT2D eigenvalue weighted by molar-refractivity contribution is -0.191. The van der Waals surface area contributed by atoms with Crippen molar-refractivity contribution in [3.05, 3.63) is 82.7 Å². The molecule has 2 aliphatic rings. The molecule has 1 aliphatic heterocycles. The van der Waals surface area contributed by atoms with Crippen molar-refractivity contribution in [1.29, 1.82) is 0 Å². The van der Waals surface area contributed by atoms with Gasteiger partial charge in [-0.3, -0.25) is 0 Å². The lowest BCUT2D eigenvalue weighted by Gasteiger charge is -2.52. The van der Waals surface area contributed by atoms with Gasteiger partial charge in [0, 0.05) is 22.3 Å². The molecule has 5 heteroatoms. The summed E-state index contributed by atoms with van der Waals surface area (Å²) >= 11 is 0. The smallest absolute Gasteiger partial charge is 0.344 e. The zero-order chi connectivity index (χ0) is 20.8. The summed E-state index contributed by atoms with van der Waals surface area (Å²) in [4.78, 5) is 12.7. The number of benzene rings is 3. The third-order valence-corrected chi connectivity index (χ3v) is 6.35. The van der Waals surface area contributed by atoms with Gasteiger partial charge in [-0.25, -0.2) is 4.79 Å². The average molecular weight is 414 g/mol. The average Bonchev–Trinajstić information content (AvgIpc) is 2.74. The monoisotopic (exact) mass is 414 g/mol. The van der Waals surface area contributed by atoms with Crippen molar-refractivity contribution in [2.45, 2.75) is 25.6 Å². The van der Waals surface area contributed by atoms with Crippen LogP contribution in [0.2, 0.25) is 0 Å². The molecule has 0 unspecified atom stereocenters. The van der Waals surface area contributed by atoms with E-state index in [-0.39, 0.29) is 11.7 Å². The maximum atomic E-state index is 12.7. The van der Waals surface area contributed by atoms with E-state index in [0.29, 0.717) is 34.5 Å². The molecule has 0 atom stereocenters. The van der Waals surface area contributed by atoms with Gasteiger partial charge in [0.05, 0.1) is 18.6 Å². The van der Waals surface area contributed by atoms with E-state index in [4.69, 9.17) is 18.6 Å². The van der Waals surface area contributed by atoms with E-state index in [1.807, 2.05) is 54.6 Å². The Morgan fingerprint density at radius 3 is 2.42 bits per heavy atom. The second-order valence-corrected chi connectivity index (χ2v) is 8.67. The molecule has 4 aromatic rings. The molecule has 1 aromatic heterocycles. The largest absolute Gasteiger partial charge is 0.490 e. The van der Waals surface area contributed by atoms with Crippen LogP contribution in [0.3, 0.4) is 0 Å². The Labute approximate surface area is 179 Å². The van der Waals surface area contributed by atoms with Crippen LogP contribution in [-0.4, -0.2) is 19.3 Å². The molecule has 156 valence electrons. The Kier molecular flexibility index (Phi) is 4.25. The van der Waals surface area contributed by atoms with Crippen LogP contribution in [0.15, 0.2) is 75.9 Å². The fraction of sp³-hybridized carbons (Fsp3) is 0.269. The van der Waals surface area contributed by atoms with Crippen molar-refractivity contribution >= 4 is 21.7 Å². The summed E-state index contributed by atoms with van der Waals surface area (Å²) in [6.45, 7) is 2.15. The van der Waals surface area contributed by atoms with Gasteiger partial charge in [0.2, 0.25) is 0 Å². The highest BCUT2D eigenvalue weighted by Gasteiger charge is 2.51. The molecule has 6 rings (SSSR count). The summed E-state index contributed by atoms with van der Waals surface area (Å²) in [5.41, 5.74) is 1.57. The van der Waals surface area contributed by atoms with Crippen molar-refractivity contribution in [2.75, 3.05) is 13.2 Å². The first kappa shape index (κ1) is 18.5. The minimum atomic E-state index is -0.370. The summed E-state index contributed by atoms with van der Waals surface area (Å²) in [6.07, 6.45) is 2.23. The quantitative estimate of drug-likeness (QED) is 0.337. The fourth-order valence-corrected chi connectivity index (χ4v) is 4.60. The molecule has 3 aromatic carbocycles. The van der Waals surface area contributed by atoms with E-state index in [0.717, 1.165) is 42.4 Å². The predicted octanol–water partition coefficient (Wildman–Crippen LogP) is 5.08. The lowest BCUT2D eigenvalue weighted by atomic mass is 9.65. The summed E-state index contributed by atoms with van der Waals surface area (Å²) in [6, 6.07) is 21.2. The summed E-state index contributed by atoms with van der Waals surface area (Å²) in [7, 11) is 0. The summed E-state index contributed by atoms with van der Waals surface area (Å²) in [5.74, 6) is 1.37. The molecule has 0 radical (unpaired) electrons.